The van der Waals surface area contributed by atoms with Crippen molar-refractivity contribution in [1.82, 2.24) is 10.3 Å². The van der Waals surface area contributed by atoms with Gasteiger partial charge >= 0.3 is 6.18 Å². The highest BCUT2D eigenvalue weighted by atomic mass is 32.2. The van der Waals surface area contributed by atoms with Crippen molar-refractivity contribution in [3.8, 4) is 0 Å². The Morgan fingerprint density at radius 3 is 2.38 bits per heavy atom. The third-order valence-electron chi connectivity index (χ3n) is 1.17. The zero-order valence-corrected chi connectivity index (χ0v) is 7.54. The minimum atomic E-state index is -4.12. The lowest BCUT2D eigenvalue weighted by molar-refractivity contribution is -0.135. The first-order valence-corrected chi connectivity index (χ1v) is 4.68. The molecule has 0 heterocycles. The third-order valence-corrected chi connectivity index (χ3v) is 1.49. The first-order valence-electron chi connectivity index (χ1n) is 3.58. The van der Waals surface area contributed by atoms with Gasteiger partial charge in [0.05, 0.1) is 0 Å². The quantitative estimate of drug-likeness (QED) is 0.355. The number of halogens is 3. The van der Waals surface area contributed by atoms with Crippen molar-refractivity contribution in [2.24, 2.45) is 0 Å². The fourth-order valence-corrected chi connectivity index (χ4v) is 0.877. The van der Waals surface area contributed by atoms with Crippen LogP contribution in [0.1, 0.15) is 19.3 Å². The largest absolute Gasteiger partial charge is 0.389 e. The second-order valence-corrected chi connectivity index (χ2v) is 3.05. The zero-order valence-electron chi connectivity index (χ0n) is 6.73. The summed E-state index contributed by atoms with van der Waals surface area (Å²) < 4.78 is 52.8. The van der Waals surface area contributed by atoms with Crippen LogP contribution in [0.2, 0.25) is 0 Å². The summed E-state index contributed by atoms with van der Waals surface area (Å²) in [5.74, 6) is 0. The lowest BCUT2D eigenvalue weighted by Crippen LogP contribution is -2.33. The van der Waals surface area contributed by atoms with Crippen LogP contribution in [0.3, 0.4) is 0 Å². The van der Waals surface area contributed by atoms with Gasteiger partial charge in [0.1, 0.15) is 0 Å². The van der Waals surface area contributed by atoms with E-state index in [0.717, 1.165) is 0 Å². The molecule has 80 valence electrons. The second kappa shape index (κ2) is 6.30. The van der Waals surface area contributed by atoms with E-state index < -0.39 is 23.9 Å². The molecular weight excluding hydrogens is 209 g/mol. The van der Waals surface area contributed by atoms with Gasteiger partial charge < -0.3 is 0 Å². The molecule has 0 aromatic carbocycles. The molecule has 0 aliphatic rings. The molecule has 1 unspecified atom stereocenters. The van der Waals surface area contributed by atoms with Gasteiger partial charge in [0.2, 0.25) is 11.3 Å². The predicted molar refractivity (Wildman–Crippen MR) is 41.8 cm³/mol. The Bertz CT molecular complexity index is 164. The van der Waals surface area contributed by atoms with E-state index in [2.05, 4.69) is 5.43 Å². The monoisotopic (exact) mass is 220 g/mol. The molecule has 0 fully saturated rings. The Balaban J connectivity index is 3.13. The molecule has 0 bridgehead atoms. The average Bonchev–Trinajstić information content (AvgIpc) is 1.93. The summed E-state index contributed by atoms with van der Waals surface area (Å²) in [5, 5.41) is 0. The van der Waals surface area contributed by atoms with Crippen molar-refractivity contribution in [3.63, 3.8) is 0 Å². The van der Waals surface area contributed by atoms with Crippen molar-refractivity contribution in [2.45, 2.75) is 25.4 Å². The Kier molecular flexibility index (Phi) is 6.21. The van der Waals surface area contributed by atoms with Gasteiger partial charge in [-0.2, -0.15) is 18.0 Å². The van der Waals surface area contributed by atoms with Gasteiger partial charge in [-0.15, -0.1) is 0 Å². The topological polar surface area (TPSA) is 61.4 Å². The SMILES string of the molecule is O=S(O)NNCCCCC(F)(F)F. The van der Waals surface area contributed by atoms with Crippen LogP contribution >= 0.6 is 0 Å². The fourth-order valence-electron chi connectivity index (χ4n) is 0.652. The number of alkyl halides is 3. The molecule has 0 aliphatic heterocycles. The van der Waals surface area contributed by atoms with E-state index in [1.165, 1.54) is 0 Å². The maximum absolute atomic E-state index is 11.6. The van der Waals surface area contributed by atoms with Crippen molar-refractivity contribution in [3.05, 3.63) is 0 Å². The van der Waals surface area contributed by atoms with E-state index in [1.54, 1.807) is 0 Å². The normalized spacial score (nSPS) is 14.5. The second-order valence-electron chi connectivity index (χ2n) is 2.35. The van der Waals surface area contributed by atoms with E-state index in [0.29, 0.717) is 6.42 Å². The minimum absolute atomic E-state index is 0.0102. The first kappa shape index (κ1) is 12.8. The highest BCUT2D eigenvalue weighted by Gasteiger charge is 2.25. The van der Waals surface area contributed by atoms with Gasteiger partial charge in [-0.05, 0) is 12.8 Å². The van der Waals surface area contributed by atoms with Gasteiger partial charge in [-0.1, -0.05) is 0 Å². The summed E-state index contributed by atoms with van der Waals surface area (Å²) in [6.45, 7) is 0.225. The molecule has 0 spiro atoms. The lowest BCUT2D eigenvalue weighted by atomic mass is 10.2. The van der Waals surface area contributed by atoms with Crippen molar-refractivity contribution >= 4 is 11.3 Å². The molecule has 0 rings (SSSR count). The van der Waals surface area contributed by atoms with E-state index in [9.17, 15) is 17.4 Å². The molecule has 8 heteroatoms. The van der Waals surface area contributed by atoms with E-state index >= 15 is 0 Å². The summed E-state index contributed by atoms with van der Waals surface area (Å²) in [6, 6.07) is 0. The average molecular weight is 220 g/mol. The molecule has 0 aromatic heterocycles. The van der Waals surface area contributed by atoms with Crippen LogP contribution in [0.25, 0.3) is 0 Å². The molecule has 0 amide bonds. The molecule has 0 saturated carbocycles. The summed E-state index contributed by atoms with van der Waals surface area (Å²) >= 11 is -2.17. The molecule has 4 nitrogen and oxygen atoms in total. The Labute approximate surface area is 76.3 Å². The maximum atomic E-state index is 11.6. The van der Waals surface area contributed by atoms with Crippen molar-refractivity contribution in [1.29, 1.82) is 0 Å². The van der Waals surface area contributed by atoms with Gasteiger partial charge in [0, 0.05) is 13.0 Å². The number of hydrogen-bond acceptors (Lipinski definition) is 2. The lowest BCUT2D eigenvalue weighted by Gasteiger charge is -2.05. The van der Waals surface area contributed by atoms with Crippen LogP contribution in [0.15, 0.2) is 0 Å². The summed E-state index contributed by atoms with van der Waals surface area (Å²) in [6.07, 6.45) is -4.63. The summed E-state index contributed by atoms with van der Waals surface area (Å²) in [4.78, 5) is 1.94. The molecule has 0 radical (unpaired) electrons. The predicted octanol–water partition coefficient (Wildman–Crippen LogP) is 0.950. The van der Waals surface area contributed by atoms with Gasteiger partial charge in [0.15, 0.2) is 0 Å². The number of unbranched alkanes of at least 4 members (excludes halogenated alkanes) is 1. The van der Waals surface area contributed by atoms with Crippen LogP contribution < -0.4 is 10.3 Å². The molecule has 13 heavy (non-hydrogen) atoms. The van der Waals surface area contributed by atoms with Crippen molar-refractivity contribution < 1.29 is 21.9 Å². The Morgan fingerprint density at radius 1 is 1.31 bits per heavy atom. The first-order chi connectivity index (χ1) is 5.92. The Morgan fingerprint density at radius 2 is 1.92 bits per heavy atom. The van der Waals surface area contributed by atoms with Crippen LogP contribution in [-0.4, -0.2) is 21.5 Å². The van der Waals surface area contributed by atoms with Gasteiger partial charge in [-0.3, -0.25) is 4.55 Å². The standard InChI is InChI=1S/C5H11F3N2O2S/c6-5(7,8)3-1-2-4-9-10-13(11)12/h9-10H,1-4H2,(H,11,12). The molecule has 0 aromatic rings. The van der Waals surface area contributed by atoms with E-state index in [4.69, 9.17) is 4.55 Å². The smallest absolute Gasteiger partial charge is 0.293 e. The minimum Gasteiger partial charge on any atom is -0.293 e. The van der Waals surface area contributed by atoms with Crippen molar-refractivity contribution in [2.75, 3.05) is 6.54 Å². The molecule has 3 N–H and O–H groups in total. The van der Waals surface area contributed by atoms with Gasteiger partial charge in [-0.25, -0.2) is 9.63 Å². The number of nitrogens with one attached hydrogen (secondary N) is 2. The number of hydrogen-bond donors (Lipinski definition) is 3. The van der Waals surface area contributed by atoms with Crippen LogP contribution in [0, 0.1) is 0 Å². The van der Waals surface area contributed by atoms with E-state index in [1.807, 2.05) is 4.83 Å². The molecule has 1 atom stereocenters. The number of rotatable bonds is 6. The zero-order chi connectivity index (χ0) is 10.3. The third kappa shape index (κ3) is 11.8. The highest BCUT2D eigenvalue weighted by Crippen LogP contribution is 2.21. The number of hydrazine groups is 1. The fraction of sp³-hybridized carbons (Fsp3) is 1.00. The summed E-state index contributed by atoms with van der Waals surface area (Å²) in [5.41, 5.74) is 2.30. The van der Waals surface area contributed by atoms with Crippen LogP contribution in [0.4, 0.5) is 13.2 Å². The maximum Gasteiger partial charge on any atom is 0.389 e. The molecule has 0 saturated heterocycles. The highest BCUT2D eigenvalue weighted by molar-refractivity contribution is 7.77. The molecule has 0 aliphatic carbocycles. The van der Waals surface area contributed by atoms with E-state index in [-0.39, 0.29) is 13.0 Å². The van der Waals surface area contributed by atoms with Gasteiger partial charge in [0.25, 0.3) is 0 Å². The Hall–Kier alpha value is -0.180. The summed E-state index contributed by atoms with van der Waals surface area (Å²) in [7, 11) is 0. The van der Waals surface area contributed by atoms with Crippen LogP contribution in [-0.2, 0) is 11.3 Å². The molecular formula is C5H11F3N2O2S. The van der Waals surface area contributed by atoms with Crippen LogP contribution in [0.5, 0.6) is 0 Å².